The van der Waals surface area contributed by atoms with Gasteiger partial charge in [0.2, 0.25) is 10.0 Å². The summed E-state index contributed by atoms with van der Waals surface area (Å²) < 4.78 is 67.0. The lowest BCUT2D eigenvalue weighted by atomic mass is 9.81. The Labute approximate surface area is 233 Å². The first-order valence-corrected chi connectivity index (χ1v) is 14.9. The van der Waals surface area contributed by atoms with Crippen LogP contribution in [0.3, 0.4) is 0 Å². The first-order valence-electron chi connectivity index (χ1n) is 12.6. The second kappa shape index (κ2) is 11.7. The first kappa shape index (κ1) is 30.3. The fourth-order valence-electron chi connectivity index (χ4n) is 4.40. The molecule has 1 aliphatic rings. The number of thiazole rings is 1. The van der Waals surface area contributed by atoms with Crippen molar-refractivity contribution in [2.75, 3.05) is 19.8 Å². The van der Waals surface area contributed by atoms with Crippen LogP contribution in [0.1, 0.15) is 41.7 Å². The summed E-state index contributed by atoms with van der Waals surface area (Å²) in [5.41, 5.74) is -0.491. The van der Waals surface area contributed by atoms with Gasteiger partial charge in [0.05, 0.1) is 35.3 Å². The number of halogens is 3. The third-order valence-corrected chi connectivity index (χ3v) is 9.85. The van der Waals surface area contributed by atoms with Crippen LogP contribution in [0.5, 0.6) is 0 Å². The minimum atomic E-state index is -4.77. The van der Waals surface area contributed by atoms with Crippen molar-refractivity contribution in [1.82, 2.24) is 15.0 Å². The molecule has 1 heterocycles. The van der Waals surface area contributed by atoms with Crippen molar-refractivity contribution in [3.05, 3.63) is 47.1 Å². The third kappa shape index (κ3) is 6.16. The molecule has 0 spiro atoms. The summed E-state index contributed by atoms with van der Waals surface area (Å²) in [6, 6.07) is 6.85. The fourth-order valence-corrected chi connectivity index (χ4v) is 6.87. The average molecular weight is 602 g/mol. The van der Waals surface area contributed by atoms with Gasteiger partial charge in [-0.3, -0.25) is 4.79 Å². The first-order chi connectivity index (χ1) is 18.8. The van der Waals surface area contributed by atoms with Crippen molar-refractivity contribution >= 4 is 38.0 Å². The minimum Gasteiger partial charge on any atom is -0.394 e. The van der Waals surface area contributed by atoms with Crippen LogP contribution in [0.15, 0.2) is 41.3 Å². The minimum absolute atomic E-state index is 0.0190. The van der Waals surface area contributed by atoms with Gasteiger partial charge in [0, 0.05) is 10.9 Å². The number of aliphatic hydroxyl groups excluding tert-OH is 3. The number of aliphatic hydroxyl groups is 3. The number of fused-ring (bicyclic) bond motifs is 1. The number of alkyl halides is 3. The van der Waals surface area contributed by atoms with Crippen molar-refractivity contribution in [3.63, 3.8) is 0 Å². The number of benzene rings is 2. The van der Waals surface area contributed by atoms with Crippen LogP contribution >= 0.6 is 11.3 Å². The summed E-state index contributed by atoms with van der Waals surface area (Å²) in [6.07, 6.45) is -1.16. The second-order valence-corrected chi connectivity index (χ2v) is 12.7. The number of rotatable bonds is 11. The summed E-state index contributed by atoms with van der Waals surface area (Å²) in [7, 11) is -4.55. The molecule has 4 rings (SSSR count). The van der Waals surface area contributed by atoms with E-state index in [9.17, 15) is 41.7 Å². The van der Waals surface area contributed by atoms with Crippen LogP contribution in [0.4, 0.5) is 13.2 Å². The van der Waals surface area contributed by atoms with Gasteiger partial charge in [0.1, 0.15) is 11.6 Å². The summed E-state index contributed by atoms with van der Waals surface area (Å²) in [5.74, 6) is -0.362. The third-order valence-electron chi connectivity index (χ3n) is 7.13. The predicted molar refractivity (Wildman–Crippen MR) is 143 cm³/mol. The molecule has 0 saturated heterocycles. The van der Waals surface area contributed by atoms with Crippen LogP contribution in [-0.4, -0.2) is 72.2 Å². The molecule has 1 fully saturated rings. The topological polar surface area (TPSA) is 149 Å². The highest BCUT2D eigenvalue weighted by Gasteiger charge is 2.39. The molecule has 3 aromatic rings. The largest absolute Gasteiger partial charge is 0.404 e. The summed E-state index contributed by atoms with van der Waals surface area (Å²) in [5, 5.41) is 31.9. The van der Waals surface area contributed by atoms with Gasteiger partial charge >= 0.3 is 6.18 Å². The second-order valence-electron chi connectivity index (χ2n) is 10.0. The lowest BCUT2D eigenvalue weighted by molar-refractivity contribution is -0.147. The van der Waals surface area contributed by atoms with Crippen LogP contribution < -0.4 is 10.0 Å². The summed E-state index contributed by atoms with van der Waals surface area (Å²) in [6.45, 7) is -1.40. The van der Waals surface area contributed by atoms with E-state index in [1.165, 1.54) is 18.2 Å². The highest BCUT2D eigenvalue weighted by Crippen LogP contribution is 2.40. The zero-order valence-corrected chi connectivity index (χ0v) is 23.2. The van der Waals surface area contributed by atoms with E-state index in [0.29, 0.717) is 33.9 Å². The monoisotopic (exact) mass is 601 g/mol. The zero-order chi connectivity index (χ0) is 29.3. The van der Waals surface area contributed by atoms with E-state index in [1.807, 2.05) is 0 Å². The molecule has 0 unspecified atom stereocenters. The van der Waals surface area contributed by atoms with Gasteiger partial charge < -0.3 is 20.6 Å². The Balaban J connectivity index is 1.80. The van der Waals surface area contributed by atoms with Crippen molar-refractivity contribution in [2.24, 2.45) is 5.92 Å². The number of hydrogen-bond acceptors (Lipinski definition) is 8. The van der Waals surface area contributed by atoms with Crippen LogP contribution in [-0.2, 0) is 16.4 Å². The van der Waals surface area contributed by atoms with Crippen molar-refractivity contribution in [1.29, 1.82) is 0 Å². The van der Waals surface area contributed by atoms with Gasteiger partial charge in [-0.1, -0.05) is 49.6 Å². The molecule has 14 heteroatoms. The number of nitrogens with one attached hydrogen (secondary N) is 2. The molecule has 1 aromatic heterocycles. The Kier molecular flexibility index (Phi) is 8.88. The lowest BCUT2D eigenvalue weighted by Crippen LogP contribution is -2.57. The molecule has 0 aliphatic heterocycles. The predicted octanol–water partition coefficient (Wildman–Crippen LogP) is 2.98. The number of hydrogen-bond donors (Lipinski definition) is 5. The molecule has 5 N–H and O–H groups in total. The number of carbonyl (C=O) groups is 1. The fraction of sp³-hybridized carbons (Fsp3) is 0.462. The number of nitrogens with zero attached hydrogens (tertiary/aromatic N) is 1. The number of aromatic nitrogens is 1. The molecule has 218 valence electrons. The molecule has 0 bridgehead atoms. The highest BCUT2D eigenvalue weighted by molar-refractivity contribution is 7.89. The molecule has 1 amide bonds. The SMILES string of the molecule is C[C@H](NS(=O)(=O)c1ccc(-c2sc(C(=O)NC(CO)(CO)CO)nc2CC2CCC2)c2ccccc12)C(F)(F)F. The van der Waals surface area contributed by atoms with Crippen molar-refractivity contribution < 1.29 is 41.7 Å². The number of carbonyl (C=O) groups excluding carboxylic acids is 1. The average Bonchev–Trinajstić information content (AvgIpc) is 3.32. The van der Waals surface area contributed by atoms with Crippen LogP contribution in [0.2, 0.25) is 0 Å². The smallest absolute Gasteiger partial charge is 0.394 e. The van der Waals surface area contributed by atoms with Crippen molar-refractivity contribution in [3.8, 4) is 10.4 Å². The Morgan fingerprint density at radius 3 is 2.25 bits per heavy atom. The normalized spacial score (nSPS) is 15.7. The standard InChI is InChI=1S/C26H30F3N3O6S2/c1-15(26(27,28)29)32-40(37,38)21-10-9-19(17-7-2-3-8-18(17)21)22-20(11-16-5-4-6-16)30-24(39-22)23(36)31-25(12-33,13-34)14-35/h2-3,7-10,15-16,32-35H,4-6,11-14H2,1H3,(H,31,36)/t15-/m0/s1. The van der Waals surface area contributed by atoms with Gasteiger partial charge in [-0.15, -0.1) is 11.3 Å². The van der Waals surface area contributed by atoms with Crippen LogP contribution in [0, 0.1) is 5.92 Å². The van der Waals surface area contributed by atoms with Gasteiger partial charge in [0.15, 0.2) is 5.01 Å². The Hall–Kier alpha value is -2.62. The molecule has 40 heavy (non-hydrogen) atoms. The van der Waals surface area contributed by atoms with E-state index in [-0.39, 0.29) is 15.3 Å². The molecule has 9 nitrogen and oxygen atoms in total. The lowest BCUT2D eigenvalue weighted by Gasteiger charge is -2.28. The van der Waals surface area contributed by atoms with E-state index >= 15 is 0 Å². The van der Waals surface area contributed by atoms with E-state index in [2.05, 4.69) is 10.3 Å². The summed E-state index contributed by atoms with van der Waals surface area (Å²) in [4.78, 5) is 17.9. The van der Waals surface area contributed by atoms with Gasteiger partial charge in [-0.05, 0) is 30.7 Å². The molecule has 1 aliphatic carbocycles. The van der Waals surface area contributed by atoms with E-state index < -0.39 is 53.5 Å². The maximum atomic E-state index is 13.1. The molecule has 1 atom stereocenters. The maximum absolute atomic E-state index is 13.1. The Morgan fingerprint density at radius 2 is 1.70 bits per heavy atom. The quantitative estimate of drug-likeness (QED) is 0.227. The maximum Gasteiger partial charge on any atom is 0.404 e. The molecule has 1 saturated carbocycles. The van der Waals surface area contributed by atoms with E-state index in [0.717, 1.165) is 37.5 Å². The molecular formula is C26H30F3N3O6S2. The Morgan fingerprint density at radius 1 is 1.07 bits per heavy atom. The van der Waals surface area contributed by atoms with Gasteiger partial charge in [-0.2, -0.15) is 17.9 Å². The summed E-state index contributed by atoms with van der Waals surface area (Å²) >= 11 is 1.03. The van der Waals surface area contributed by atoms with Gasteiger partial charge in [0.25, 0.3) is 5.91 Å². The van der Waals surface area contributed by atoms with Crippen molar-refractivity contribution in [2.45, 2.75) is 55.3 Å². The zero-order valence-electron chi connectivity index (χ0n) is 21.5. The number of sulfonamides is 1. The van der Waals surface area contributed by atoms with E-state index in [1.54, 1.807) is 22.9 Å². The molecule has 2 aromatic carbocycles. The highest BCUT2D eigenvalue weighted by atomic mass is 32.2. The van der Waals surface area contributed by atoms with Gasteiger partial charge in [-0.25, -0.2) is 13.4 Å². The van der Waals surface area contributed by atoms with Crippen LogP contribution in [0.25, 0.3) is 21.2 Å². The number of amides is 1. The van der Waals surface area contributed by atoms with E-state index in [4.69, 9.17) is 0 Å². The Bertz CT molecular complexity index is 1480. The molecule has 0 radical (unpaired) electrons. The molecular weight excluding hydrogens is 571 g/mol.